The van der Waals surface area contributed by atoms with E-state index in [1.807, 2.05) is 0 Å². The Morgan fingerprint density at radius 2 is 1.56 bits per heavy atom. The summed E-state index contributed by atoms with van der Waals surface area (Å²) in [4.78, 5) is 10.9. The van der Waals surface area contributed by atoms with Crippen LogP contribution in [0.5, 0.6) is 0 Å². The van der Waals surface area contributed by atoms with Gasteiger partial charge in [0.05, 0.1) is 0 Å². The molecule has 0 heterocycles. The molecule has 0 spiro atoms. The summed E-state index contributed by atoms with van der Waals surface area (Å²) >= 11 is 0. The Morgan fingerprint density at radius 1 is 1.00 bits per heavy atom. The molecule has 9 heavy (non-hydrogen) atoms. The SMILES string of the molecule is O=C1C[C@@H]2[C@H](C1)[C@H]1C[C@@H]21. The Hall–Kier alpha value is -0.330. The van der Waals surface area contributed by atoms with Crippen molar-refractivity contribution in [1.82, 2.24) is 0 Å². The van der Waals surface area contributed by atoms with E-state index in [9.17, 15) is 4.79 Å². The Kier molecular flexibility index (Phi) is 0.544. The topological polar surface area (TPSA) is 17.1 Å². The van der Waals surface area contributed by atoms with Gasteiger partial charge in [0.2, 0.25) is 0 Å². The first-order valence-electron chi connectivity index (χ1n) is 3.88. The van der Waals surface area contributed by atoms with Gasteiger partial charge in [-0.05, 0) is 30.1 Å². The molecule has 0 saturated heterocycles. The van der Waals surface area contributed by atoms with E-state index < -0.39 is 0 Å². The van der Waals surface area contributed by atoms with Crippen molar-refractivity contribution in [3.8, 4) is 0 Å². The number of rotatable bonds is 0. The first kappa shape index (κ1) is 4.48. The molecule has 4 atom stereocenters. The van der Waals surface area contributed by atoms with Crippen molar-refractivity contribution in [2.24, 2.45) is 23.7 Å². The second-order valence-electron chi connectivity index (χ2n) is 3.84. The van der Waals surface area contributed by atoms with E-state index in [1.165, 1.54) is 6.42 Å². The summed E-state index contributed by atoms with van der Waals surface area (Å²) in [6, 6.07) is 0. The third-order valence-corrected chi connectivity index (χ3v) is 3.47. The van der Waals surface area contributed by atoms with E-state index in [1.54, 1.807) is 0 Å². The maximum Gasteiger partial charge on any atom is 0.133 e. The van der Waals surface area contributed by atoms with Crippen LogP contribution in [0.15, 0.2) is 0 Å². The van der Waals surface area contributed by atoms with Crippen LogP contribution in [0, 0.1) is 23.7 Å². The molecule has 3 aliphatic carbocycles. The molecule has 1 nitrogen and oxygen atoms in total. The lowest BCUT2D eigenvalue weighted by molar-refractivity contribution is -0.117. The van der Waals surface area contributed by atoms with E-state index in [0.29, 0.717) is 5.78 Å². The molecule has 0 aromatic carbocycles. The predicted octanol–water partition coefficient (Wildman–Crippen LogP) is 1.23. The minimum absolute atomic E-state index is 0.539. The van der Waals surface area contributed by atoms with Crippen molar-refractivity contribution in [2.45, 2.75) is 19.3 Å². The van der Waals surface area contributed by atoms with Gasteiger partial charge >= 0.3 is 0 Å². The van der Waals surface area contributed by atoms with E-state index in [0.717, 1.165) is 36.5 Å². The highest BCUT2D eigenvalue weighted by molar-refractivity contribution is 5.82. The van der Waals surface area contributed by atoms with Gasteiger partial charge < -0.3 is 0 Å². The number of ketones is 1. The molecule has 0 amide bonds. The number of hydrogen-bond donors (Lipinski definition) is 0. The molecular formula is C8H10O. The molecule has 3 fully saturated rings. The maximum atomic E-state index is 10.9. The summed E-state index contributed by atoms with van der Waals surface area (Å²) in [7, 11) is 0. The summed E-state index contributed by atoms with van der Waals surface area (Å²) in [5.74, 6) is 4.30. The second-order valence-corrected chi connectivity index (χ2v) is 3.84. The molecule has 0 aromatic rings. The highest BCUT2D eigenvalue weighted by atomic mass is 16.1. The number of hydrogen-bond acceptors (Lipinski definition) is 1. The molecule has 3 aliphatic rings. The number of fused-ring (bicyclic) bond motifs is 4. The van der Waals surface area contributed by atoms with Crippen LogP contribution in [0.1, 0.15) is 19.3 Å². The predicted molar refractivity (Wildman–Crippen MR) is 32.8 cm³/mol. The molecule has 48 valence electrons. The standard InChI is InChI=1S/C8H10O/c9-4-1-5-6(2-4)8-3-7(5)8/h5-8H,1-3H2/t5-,6+,7+,8-. The summed E-state index contributed by atoms with van der Waals surface area (Å²) in [6.45, 7) is 0. The smallest absolute Gasteiger partial charge is 0.133 e. The molecule has 0 N–H and O–H groups in total. The first-order valence-corrected chi connectivity index (χ1v) is 3.88. The van der Waals surface area contributed by atoms with Crippen LogP contribution in [-0.2, 0) is 4.79 Å². The normalized spacial score (nSPS) is 60.2. The fraction of sp³-hybridized carbons (Fsp3) is 0.875. The minimum atomic E-state index is 0.539. The largest absolute Gasteiger partial charge is 0.300 e. The van der Waals surface area contributed by atoms with Gasteiger partial charge in [-0.15, -0.1) is 0 Å². The molecule has 0 unspecified atom stereocenters. The highest BCUT2D eigenvalue weighted by Gasteiger charge is 2.63. The number of carbonyl (C=O) groups is 1. The maximum absolute atomic E-state index is 10.9. The minimum Gasteiger partial charge on any atom is -0.300 e. The zero-order valence-electron chi connectivity index (χ0n) is 5.34. The van der Waals surface area contributed by atoms with Gasteiger partial charge in [-0.2, -0.15) is 0 Å². The lowest BCUT2D eigenvalue weighted by Crippen LogP contribution is -2.23. The van der Waals surface area contributed by atoms with E-state index >= 15 is 0 Å². The zero-order chi connectivity index (χ0) is 6.01. The van der Waals surface area contributed by atoms with Gasteiger partial charge in [0.15, 0.2) is 0 Å². The van der Waals surface area contributed by atoms with Crippen molar-refractivity contribution < 1.29 is 4.79 Å². The van der Waals surface area contributed by atoms with Crippen molar-refractivity contribution >= 4 is 5.78 Å². The Bertz CT molecular complexity index is 167. The summed E-state index contributed by atoms with van der Waals surface area (Å²) in [6.07, 6.45) is 3.33. The van der Waals surface area contributed by atoms with E-state index in [4.69, 9.17) is 0 Å². The third kappa shape index (κ3) is 0.374. The highest BCUT2D eigenvalue weighted by Crippen LogP contribution is 2.68. The Balaban J connectivity index is 1.91. The molecule has 1 heteroatoms. The van der Waals surface area contributed by atoms with Crippen molar-refractivity contribution in [3.05, 3.63) is 0 Å². The van der Waals surface area contributed by atoms with Crippen LogP contribution in [-0.4, -0.2) is 5.78 Å². The Labute approximate surface area is 54.4 Å². The average molecular weight is 122 g/mol. The van der Waals surface area contributed by atoms with Crippen LogP contribution < -0.4 is 0 Å². The summed E-state index contributed by atoms with van der Waals surface area (Å²) in [5.41, 5.74) is 0. The first-order chi connectivity index (χ1) is 4.36. The van der Waals surface area contributed by atoms with Crippen LogP contribution in [0.25, 0.3) is 0 Å². The van der Waals surface area contributed by atoms with E-state index in [-0.39, 0.29) is 0 Å². The van der Waals surface area contributed by atoms with Gasteiger partial charge in [-0.25, -0.2) is 0 Å². The van der Waals surface area contributed by atoms with Gasteiger partial charge in [0, 0.05) is 12.8 Å². The van der Waals surface area contributed by atoms with Crippen molar-refractivity contribution in [3.63, 3.8) is 0 Å². The second kappa shape index (κ2) is 1.09. The van der Waals surface area contributed by atoms with Gasteiger partial charge in [0.25, 0.3) is 0 Å². The quantitative estimate of drug-likeness (QED) is 0.472. The molecule has 0 aromatic heterocycles. The fourth-order valence-electron chi connectivity index (χ4n) is 2.92. The summed E-state index contributed by atoms with van der Waals surface area (Å²) in [5, 5.41) is 0. The molecule has 0 radical (unpaired) electrons. The van der Waals surface area contributed by atoms with Crippen LogP contribution in [0.4, 0.5) is 0 Å². The molecule has 0 bridgehead atoms. The average Bonchev–Trinajstić information content (AvgIpc) is 2.47. The van der Waals surface area contributed by atoms with Crippen LogP contribution >= 0.6 is 0 Å². The van der Waals surface area contributed by atoms with Gasteiger partial charge in [-0.1, -0.05) is 0 Å². The van der Waals surface area contributed by atoms with Gasteiger partial charge in [-0.3, -0.25) is 4.79 Å². The lowest BCUT2D eigenvalue weighted by atomic mass is 9.77. The van der Waals surface area contributed by atoms with Crippen LogP contribution in [0.2, 0.25) is 0 Å². The summed E-state index contributed by atoms with van der Waals surface area (Å²) < 4.78 is 0. The van der Waals surface area contributed by atoms with Crippen molar-refractivity contribution in [2.75, 3.05) is 0 Å². The number of carbonyl (C=O) groups excluding carboxylic acids is 1. The number of Topliss-reactive ketones (excluding diaryl/α,β-unsaturated/α-hetero) is 1. The fourth-order valence-corrected chi connectivity index (χ4v) is 2.92. The van der Waals surface area contributed by atoms with Crippen molar-refractivity contribution in [1.29, 1.82) is 0 Å². The zero-order valence-corrected chi connectivity index (χ0v) is 5.34. The third-order valence-electron chi connectivity index (χ3n) is 3.47. The molecular weight excluding hydrogens is 112 g/mol. The molecule has 0 aliphatic heterocycles. The van der Waals surface area contributed by atoms with E-state index in [2.05, 4.69) is 0 Å². The monoisotopic (exact) mass is 122 g/mol. The molecule has 3 rings (SSSR count). The van der Waals surface area contributed by atoms with Gasteiger partial charge in [0.1, 0.15) is 5.78 Å². The molecule has 3 saturated carbocycles. The lowest BCUT2D eigenvalue weighted by Gasteiger charge is -2.27. The van der Waals surface area contributed by atoms with Crippen LogP contribution in [0.3, 0.4) is 0 Å². The Morgan fingerprint density at radius 3 is 2.11 bits per heavy atom.